The van der Waals surface area contributed by atoms with E-state index < -0.39 is 9.84 Å². The van der Waals surface area contributed by atoms with Crippen LogP contribution in [0.15, 0.2) is 10.6 Å². The predicted octanol–water partition coefficient (Wildman–Crippen LogP) is 2.21. The normalized spacial score (nSPS) is 38.8. The second-order valence-electron chi connectivity index (χ2n) is 11.8. The molecule has 0 bridgehead atoms. The molecule has 1 aromatic heterocycles. The smallest absolute Gasteiger partial charge is 0.156 e. The summed E-state index contributed by atoms with van der Waals surface area (Å²) in [5.74, 6) is 2.35. The first-order valence-corrected chi connectivity index (χ1v) is 15.7. The zero-order chi connectivity index (χ0) is 25.3. The molecule has 2 aliphatic carbocycles. The van der Waals surface area contributed by atoms with Gasteiger partial charge in [-0.2, -0.15) is 0 Å². The van der Waals surface area contributed by atoms with Gasteiger partial charge in [0.15, 0.2) is 15.6 Å². The Morgan fingerprint density at radius 2 is 1.69 bits per heavy atom. The molecule has 0 aromatic carbocycles. The van der Waals surface area contributed by atoms with Gasteiger partial charge in [-0.3, -0.25) is 5.32 Å². The van der Waals surface area contributed by atoms with E-state index in [1.165, 1.54) is 12.8 Å². The molecule has 1 aromatic rings. The Balaban J connectivity index is 1.16. The van der Waals surface area contributed by atoms with Crippen molar-refractivity contribution in [3.8, 4) is 0 Å². The van der Waals surface area contributed by atoms with E-state index >= 15 is 0 Å². The number of aromatic nitrogens is 1. The lowest BCUT2D eigenvalue weighted by Gasteiger charge is -2.41. The molecule has 0 amide bonds. The molecule has 36 heavy (non-hydrogen) atoms. The number of hydrogen-bond acceptors (Lipinski definition) is 9. The summed E-state index contributed by atoms with van der Waals surface area (Å²) in [6, 6.07) is 2.70. The molecule has 2 saturated carbocycles. The summed E-state index contributed by atoms with van der Waals surface area (Å²) in [5.41, 5.74) is 7.49. The summed E-state index contributed by atoms with van der Waals surface area (Å²) >= 11 is 0. The van der Waals surface area contributed by atoms with Crippen LogP contribution in [0.3, 0.4) is 0 Å². The molecule has 3 unspecified atom stereocenters. The number of rotatable bonds is 6. The number of nitrogens with one attached hydrogen (secondary N) is 3. The fraction of sp³-hybridized carbons (Fsp3) is 0.885. The summed E-state index contributed by atoms with van der Waals surface area (Å²) in [6.07, 6.45) is 7.72. The van der Waals surface area contributed by atoms with E-state index in [4.69, 9.17) is 15.0 Å². The van der Waals surface area contributed by atoms with Crippen LogP contribution in [0.1, 0.15) is 88.6 Å². The van der Waals surface area contributed by atoms with E-state index in [-0.39, 0.29) is 28.7 Å². The molecular weight excluding hydrogens is 478 g/mol. The van der Waals surface area contributed by atoms with Crippen LogP contribution in [0.4, 0.5) is 0 Å². The molecule has 4 aliphatic rings. The summed E-state index contributed by atoms with van der Waals surface area (Å²) in [4.78, 5) is 0. The van der Waals surface area contributed by atoms with Gasteiger partial charge in [0.1, 0.15) is 0 Å². The number of sulfone groups is 1. The highest BCUT2D eigenvalue weighted by Gasteiger charge is 2.39. The Morgan fingerprint density at radius 1 is 1.00 bits per heavy atom. The third-order valence-corrected chi connectivity index (χ3v) is 12.0. The van der Waals surface area contributed by atoms with Crippen molar-refractivity contribution in [2.75, 3.05) is 26.3 Å². The number of hydrogen-bond donors (Lipinski definition) is 4. The van der Waals surface area contributed by atoms with Gasteiger partial charge in [-0.1, -0.05) is 5.16 Å². The number of morpholine rings is 1. The number of nitrogens with zero attached hydrogens (tertiary/aromatic N) is 1. The largest absolute Gasteiger partial charge is 0.379 e. The fourth-order valence-corrected chi connectivity index (χ4v) is 8.59. The van der Waals surface area contributed by atoms with E-state index in [0.717, 1.165) is 76.3 Å². The van der Waals surface area contributed by atoms with Gasteiger partial charge in [0.2, 0.25) is 0 Å². The van der Waals surface area contributed by atoms with Gasteiger partial charge in [0.05, 0.1) is 41.6 Å². The van der Waals surface area contributed by atoms with Crippen LogP contribution >= 0.6 is 0 Å². The van der Waals surface area contributed by atoms with Gasteiger partial charge in [-0.25, -0.2) is 8.42 Å². The van der Waals surface area contributed by atoms with E-state index in [2.05, 4.69) is 27.2 Å². The number of nitrogens with two attached hydrogens (primary N) is 1. The molecule has 2 saturated heterocycles. The summed E-state index contributed by atoms with van der Waals surface area (Å²) in [6.45, 7) is 6.98. The average molecular weight is 524 g/mol. The van der Waals surface area contributed by atoms with E-state index in [1.807, 2.05) is 0 Å². The topological polar surface area (TPSA) is 132 Å². The van der Waals surface area contributed by atoms with Crippen molar-refractivity contribution >= 4 is 9.84 Å². The van der Waals surface area contributed by atoms with Crippen LogP contribution in [-0.4, -0.2) is 68.6 Å². The zero-order valence-electron chi connectivity index (χ0n) is 21.8. The molecule has 2 aliphatic heterocycles. The first kappa shape index (κ1) is 26.6. The van der Waals surface area contributed by atoms with Crippen molar-refractivity contribution in [1.29, 1.82) is 0 Å². The Bertz CT molecular complexity index is 947. The Hall–Kier alpha value is -1.04. The van der Waals surface area contributed by atoms with Gasteiger partial charge in [-0.05, 0) is 77.0 Å². The number of piperazine rings is 1. The van der Waals surface area contributed by atoms with Gasteiger partial charge in [0, 0.05) is 37.2 Å². The highest BCUT2D eigenvalue weighted by molar-refractivity contribution is 7.92. The van der Waals surface area contributed by atoms with Gasteiger partial charge >= 0.3 is 0 Å². The quantitative estimate of drug-likeness (QED) is 0.443. The van der Waals surface area contributed by atoms with E-state index in [1.54, 1.807) is 13.8 Å². The molecular formula is C26H45N5O4S. The van der Waals surface area contributed by atoms with E-state index in [9.17, 15) is 8.42 Å². The van der Waals surface area contributed by atoms with Crippen molar-refractivity contribution in [1.82, 2.24) is 21.1 Å². The highest BCUT2D eigenvalue weighted by atomic mass is 32.2. The lowest BCUT2D eigenvalue weighted by atomic mass is 9.77. The molecule has 204 valence electrons. The average Bonchev–Trinajstić information content (AvgIpc) is 3.40. The Morgan fingerprint density at radius 3 is 2.36 bits per heavy atom. The lowest BCUT2D eigenvalue weighted by molar-refractivity contribution is 0.0474. The first-order chi connectivity index (χ1) is 17.3. The van der Waals surface area contributed by atoms with Crippen molar-refractivity contribution in [2.45, 2.75) is 106 Å². The third kappa shape index (κ3) is 5.68. The molecule has 5 N–H and O–H groups in total. The predicted molar refractivity (Wildman–Crippen MR) is 139 cm³/mol. The molecule has 0 radical (unpaired) electrons. The minimum absolute atomic E-state index is 0.137. The van der Waals surface area contributed by atoms with Crippen LogP contribution in [0, 0.1) is 11.8 Å². The van der Waals surface area contributed by atoms with Crippen molar-refractivity contribution in [3.05, 3.63) is 17.5 Å². The standard InChI is InChI=1S/C26H45N5O4S/c1-16(2)36(32,33)20-9-7-18(8-10-20)22-14-29-26(27)25(30-22)24-13-21(31-35-24)17-3-5-19(6-4-17)23-15-34-12-11-28-23/h13,16-20,22-23,25-26,28-30H,3-12,14-15,27H2,1-2H3/t17?,18?,19?,20?,22?,23-,25?,26?/m0/s1. The van der Waals surface area contributed by atoms with Crippen LogP contribution in [0.2, 0.25) is 0 Å². The van der Waals surface area contributed by atoms with Gasteiger partial charge in [-0.15, -0.1) is 0 Å². The fourth-order valence-electron chi connectivity index (χ4n) is 6.89. The maximum Gasteiger partial charge on any atom is 0.156 e. The first-order valence-electron chi connectivity index (χ1n) is 14.1. The molecule has 4 fully saturated rings. The summed E-state index contributed by atoms with van der Waals surface area (Å²) < 4.78 is 36.7. The van der Waals surface area contributed by atoms with Crippen molar-refractivity contribution < 1.29 is 17.7 Å². The third-order valence-electron chi connectivity index (χ3n) is 9.30. The van der Waals surface area contributed by atoms with Gasteiger partial charge < -0.3 is 25.6 Å². The molecule has 0 spiro atoms. The minimum atomic E-state index is -3.02. The van der Waals surface area contributed by atoms with Crippen LogP contribution in [0.25, 0.3) is 0 Å². The summed E-state index contributed by atoms with van der Waals surface area (Å²) in [7, 11) is -3.02. The number of ether oxygens (including phenoxy) is 1. The van der Waals surface area contributed by atoms with Crippen molar-refractivity contribution in [3.63, 3.8) is 0 Å². The minimum Gasteiger partial charge on any atom is -0.379 e. The molecule has 3 heterocycles. The van der Waals surface area contributed by atoms with E-state index in [0.29, 0.717) is 23.8 Å². The molecule has 9 nitrogen and oxygen atoms in total. The summed E-state index contributed by atoms with van der Waals surface area (Å²) in [5, 5.41) is 14.8. The molecule has 10 heteroatoms. The van der Waals surface area contributed by atoms with Crippen LogP contribution < -0.4 is 21.7 Å². The second kappa shape index (κ2) is 11.4. The monoisotopic (exact) mass is 523 g/mol. The Kier molecular flexibility index (Phi) is 8.39. The van der Waals surface area contributed by atoms with Crippen LogP contribution in [0.5, 0.6) is 0 Å². The van der Waals surface area contributed by atoms with Gasteiger partial charge in [0.25, 0.3) is 0 Å². The lowest BCUT2D eigenvalue weighted by Crippen LogP contribution is -2.61. The maximum absolute atomic E-state index is 12.6. The maximum atomic E-state index is 12.6. The Labute approximate surface area is 215 Å². The van der Waals surface area contributed by atoms with Crippen LogP contribution in [-0.2, 0) is 14.6 Å². The highest BCUT2D eigenvalue weighted by Crippen LogP contribution is 2.38. The molecule has 4 atom stereocenters. The zero-order valence-corrected chi connectivity index (χ0v) is 22.6. The molecule has 5 rings (SSSR count). The second-order valence-corrected chi connectivity index (χ2v) is 14.5. The van der Waals surface area contributed by atoms with Crippen molar-refractivity contribution in [2.24, 2.45) is 17.6 Å². The SMILES string of the molecule is CC(C)S(=O)(=O)C1CCC(C2CNC(N)C(c3cc(C4CCC([C@@H]5COCCN5)CC4)no3)N2)CC1.